The van der Waals surface area contributed by atoms with E-state index in [1.54, 1.807) is 24.4 Å². The largest absolute Gasteiger partial charge is 0.303 e. The zero-order valence-electron chi connectivity index (χ0n) is 9.26. The third kappa shape index (κ3) is 2.06. The number of nitro groups is 1. The molecule has 0 bridgehead atoms. The average molecular weight is 262 g/mol. The first kappa shape index (κ1) is 12.5. The SMILES string of the molecule is O=C[C@H]1C=C([N+](=O)[O-])C=C[C@]1(S)c1ccccn1. The summed E-state index contributed by atoms with van der Waals surface area (Å²) in [6.45, 7) is 0. The lowest BCUT2D eigenvalue weighted by Gasteiger charge is -2.29. The summed E-state index contributed by atoms with van der Waals surface area (Å²) in [5.41, 5.74) is 0.480. The molecule has 0 aliphatic heterocycles. The molecule has 5 nitrogen and oxygen atoms in total. The molecule has 0 unspecified atom stereocenters. The van der Waals surface area contributed by atoms with E-state index < -0.39 is 15.6 Å². The highest BCUT2D eigenvalue weighted by Crippen LogP contribution is 2.40. The first-order valence-electron chi connectivity index (χ1n) is 5.22. The van der Waals surface area contributed by atoms with Crippen molar-refractivity contribution >= 4 is 18.9 Å². The quantitative estimate of drug-likeness (QED) is 0.390. The summed E-state index contributed by atoms with van der Waals surface area (Å²) < 4.78 is -0.942. The summed E-state index contributed by atoms with van der Waals surface area (Å²) in [7, 11) is 0. The third-order valence-corrected chi connectivity index (χ3v) is 3.48. The highest BCUT2D eigenvalue weighted by molar-refractivity contribution is 7.81. The van der Waals surface area contributed by atoms with Crippen LogP contribution in [0.25, 0.3) is 0 Å². The van der Waals surface area contributed by atoms with Gasteiger partial charge in [0.2, 0.25) is 0 Å². The van der Waals surface area contributed by atoms with E-state index in [1.165, 1.54) is 18.2 Å². The number of aldehydes is 1. The van der Waals surface area contributed by atoms with E-state index in [4.69, 9.17) is 0 Å². The fourth-order valence-corrected chi connectivity index (χ4v) is 2.15. The molecular weight excluding hydrogens is 252 g/mol. The maximum atomic E-state index is 11.1. The Kier molecular flexibility index (Phi) is 3.29. The first-order chi connectivity index (χ1) is 8.58. The smallest absolute Gasteiger partial charge is 0.266 e. The predicted octanol–water partition coefficient (Wildman–Crippen LogP) is 1.75. The van der Waals surface area contributed by atoms with E-state index in [1.807, 2.05) is 0 Å². The van der Waals surface area contributed by atoms with E-state index in [9.17, 15) is 14.9 Å². The van der Waals surface area contributed by atoms with Crippen LogP contribution < -0.4 is 0 Å². The zero-order valence-corrected chi connectivity index (χ0v) is 10.2. The Morgan fingerprint density at radius 2 is 2.28 bits per heavy atom. The maximum absolute atomic E-state index is 11.1. The highest BCUT2D eigenvalue weighted by atomic mass is 32.1. The van der Waals surface area contributed by atoms with Gasteiger partial charge < -0.3 is 4.79 Å². The van der Waals surface area contributed by atoms with Gasteiger partial charge in [0.1, 0.15) is 6.29 Å². The van der Waals surface area contributed by atoms with Gasteiger partial charge in [0.25, 0.3) is 5.70 Å². The molecule has 92 valence electrons. The Morgan fingerprint density at radius 3 is 2.83 bits per heavy atom. The number of rotatable bonds is 3. The monoisotopic (exact) mass is 262 g/mol. The van der Waals surface area contributed by atoms with Gasteiger partial charge in [-0.15, -0.1) is 0 Å². The predicted molar refractivity (Wildman–Crippen MR) is 68.7 cm³/mol. The second kappa shape index (κ2) is 4.73. The van der Waals surface area contributed by atoms with Crippen LogP contribution in [0.2, 0.25) is 0 Å². The Hall–Kier alpha value is -1.95. The van der Waals surface area contributed by atoms with Crippen molar-refractivity contribution in [2.24, 2.45) is 5.92 Å². The molecule has 2 rings (SSSR count). The van der Waals surface area contributed by atoms with Crippen LogP contribution in [-0.2, 0) is 9.54 Å². The molecule has 0 spiro atoms. The van der Waals surface area contributed by atoms with Crippen molar-refractivity contribution in [3.63, 3.8) is 0 Å². The minimum atomic E-state index is -0.942. The number of hydrogen-bond acceptors (Lipinski definition) is 5. The van der Waals surface area contributed by atoms with Crippen LogP contribution in [0, 0.1) is 16.0 Å². The number of hydrogen-bond donors (Lipinski definition) is 1. The number of thiol groups is 1. The summed E-state index contributed by atoms with van der Waals surface area (Å²) in [5, 5.41) is 10.7. The van der Waals surface area contributed by atoms with Crippen LogP contribution in [0.1, 0.15) is 5.69 Å². The molecule has 1 aliphatic carbocycles. The van der Waals surface area contributed by atoms with E-state index in [-0.39, 0.29) is 5.70 Å². The molecular formula is C12H10N2O3S. The van der Waals surface area contributed by atoms with Gasteiger partial charge in [0.15, 0.2) is 0 Å². The number of carbonyl (C=O) groups is 1. The minimum absolute atomic E-state index is 0.104. The van der Waals surface area contributed by atoms with Crippen LogP contribution in [-0.4, -0.2) is 16.2 Å². The van der Waals surface area contributed by atoms with Crippen LogP contribution in [0.4, 0.5) is 0 Å². The van der Waals surface area contributed by atoms with Gasteiger partial charge >= 0.3 is 0 Å². The zero-order chi connectivity index (χ0) is 13.2. The topological polar surface area (TPSA) is 73.1 Å². The van der Waals surface area contributed by atoms with Gasteiger partial charge in [-0.25, -0.2) is 0 Å². The summed E-state index contributed by atoms with van der Waals surface area (Å²) in [5.74, 6) is -0.721. The van der Waals surface area contributed by atoms with Crippen molar-refractivity contribution in [2.75, 3.05) is 0 Å². The summed E-state index contributed by atoms with van der Waals surface area (Å²) >= 11 is 4.48. The van der Waals surface area contributed by atoms with Crippen LogP contribution in [0.15, 0.2) is 48.3 Å². The van der Waals surface area contributed by atoms with Crippen molar-refractivity contribution < 1.29 is 9.72 Å². The number of aromatic nitrogens is 1. The van der Waals surface area contributed by atoms with Gasteiger partial charge in [0, 0.05) is 18.3 Å². The Morgan fingerprint density at radius 1 is 1.50 bits per heavy atom. The second-order valence-electron chi connectivity index (χ2n) is 3.88. The van der Waals surface area contributed by atoms with Crippen molar-refractivity contribution in [1.82, 2.24) is 4.98 Å². The summed E-state index contributed by atoms with van der Waals surface area (Å²) in [6.07, 6.45) is 6.43. The molecule has 0 aromatic carbocycles. The van der Waals surface area contributed by atoms with E-state index in [0.29, 0.717) is 12.0 Å². The molecule has 0 amide bonds. The van der Waals surface area contributed by atoms with Crippen LogP contribution in [0.5, 0.6) is 0 Å². The van der Waals surface area contributed by atoms with Crippen LogP contribution >= 0.6 is 12.6 Å². The maximum Gasteiger partial charge on any atom is 0.266 e. The molecule has 0 saturated heterocycles. The lowest BCUT2D eigenvalue weighted by Crippen LogP contribution is -2.31. The van der Waals surface area contributed by atoms with Gasteiger partial charge in [0.05, 0.1) is 21.3 Å². The molecule has 2 atom stereocenters. The van der Waals surface area contributed by atoms with Crippen molar-refractivity contribution in [3.05, 3.63) is 64.1 Å². The lowest BCUT2D eigenvalue weighted by molar-refractivity contribution is -0.419. The lowest BCUT2D eigenvalue weighted by atomic mass is 9.84. The molecule has 18 heavy (non-hydrogen) atoms. The number of nitrogens with zero attached hydrogens (tertiary/aromatic N) is 2. The number of allylic oxidation sites excluding steroid dienone is 2. The summed E-state index contributed by atoms with van der Waals surface area (Å²) in [6, 6.07) is 5.27. The van der Waals surface area contributed by atoms with Gasteiger partial charge in [-0.1, -0.05) is 12.1 Å². The molecule has 0 saturated carbocycles. The highest BCUT2D eigenvalue weighted by Gasteiger charge is 2.39. The van der Waals surface area contributed by atoms with E-state index in [2.05, 4.69) is 17.6 Å². The molecule has 0 radical (unpaired) electrons. The van der Waals surface area contributed by atoms with E-state index in [0.717, 1.165) is 0 Å². The summed E-state index contributed by atoms with van der Waals surface area (Å²) in [4.78, 5) is 25.5. The fourth-order valence-electron chi connectivity index (χ4n) is 1.81. The fraction of sp³-hybridized carbons (Fsp3) is 0.167. The van der Waals surface area contributed by atoms with Gasteiger partial charge in [-0.05, 0) is 12.1 Å². The normalized spacial score (nSPS) is 26.5. The first-order valence-corrected chi connectivity index (χ1v) is 5.67. The number of pyridine rings is 1. The molecule has 6 heteroatoms. The van der Waals surface area contributed by atoms with Gasteiger partial charge in [-0.3, -0.25) is 15.1 Å². The van der Waals surface area contributed by atoms with Gasteiger partial charge in [-0.2, -0.15) is 12.6 Å². The molecule has 1 heterocycles. The average Bonchev–Trinajstić information content (AvgIpc) is 2.40. The molecule has 0 N–H and O–H groups in total. The molecule has 0 fully saturated rings. The molecule has 1 aromatic heterocycles. The van der Waals surface area contributed by atoms with Crippen molar-refractivity contribution in [2.45, 2.75) is 4.75 Å². The van der Waals surface area contributed by atoms with Crippen molar-refractivity contribution in [1.29, 1.82) is 0 Å². The Bertz CT molecular complexity index is 542. The van der Waals surface area contributed by atoms with Crippen molar-refractivity contribution in [3.8, 4) is 0 Å². The Labute approximate surface area is 109 Å². The van der Waals surface area contributed by atoms with E-state index >= 15 is 0 Å². The second-order valence-corrected chi connectivity index (χ2v) is 4.62. The molecule has 1 aromatic rings. The molecule has 1 aliphatic rings. The van der Waals surface area contributed by atoms with Crippen LogP contribution in [0.3, 0.4) is 0 Å². The minimum Gasteiger partial charge on any atom is -0.303 e. The number of carbonyl (C=O) groups excluding carboxylic acids is 1. The standard InChI is InChI=1S/C12H10N2O3S/c15-8-9-7-10(14(16)17)4-5-12(9,18)11-3-1-2-6-13-11/h1-9,18H/t9-,12-/m1/s1. The third-order valence-electron chi connectivity index (χ3n) is 2.80. The Balaban J connectivity index is 2.45.